The number of fused-ring (bicyclic) bond motifs is 1. The molecule has 0 aromatic heterocycles. The average Bonchev–Trinajstić information content (AvgIpc) is 2.27. The quantitative estimate of drug-likeness (QED) is 0.671. The molecule has 0 fully saturated rings. The Labute approximate surface area is 101 Å². The molecule has 0 amide bonds. The predicted octanol–water partition coefficient (Wildman–Crippen LogP) is 2.56. The van der Waals surface area contributed by atoms with Gasteiger partial charge in [-0.15, -0.1) is 0 Å². The molecule has 4 nitrogen and oxygen atoms in total. The fraction of sp³-hybridized carbons (Fsp3) is 0.0833. The lowest BCUT2D eigenvalue weighted by Gasteiger charge is -2.03. The van der Waals surface area contributed by atoms with Crippen LogP contribution in [0.2, 0.25) is 0 Å². The van der Waals surface area contributed by atoms with Gasteiger partial charge in [0.05, 0.1) is 0 Å². The van der Waals surface area contributed by atoms with E-state index in [-0.39, 0.29) is 5.78 Å². The van der Waals surface area contributed by atoms with E-state index in [1.165, 1.54) is 6.92 Å². The largest absolute Gasteiger partial charge is 0.380 e. The highest BCUT2D eigenvalue weighted by Crippen LogP contribution is 2.22. The molecule has 2 aromatic carbocycles. The molecule has 0 heterocycles. The molecule has 1 N–H and O–H groups in total. The van der Waals surface area contributed by atoms with Gasteiger partial charge in [-0.25, -0.2) is 0 Å². The fourth-order valence-corrected chi connectivity index (χ4v) is 1.85. The van der Waals surface area contributed by atoms with Gasteiger partial charge < -0.3 is 4.18 Å². The topological polar surface area (TPSA) is 63.6 Å². The zero-order valence-corrected chi connectivity index (χ0v) is 9.86. The van der Waals surface area contributed by atoms with Gasteiger partial charge in [-0.2, -0.15) is 4.21 Å². The van der Waals surface area contributed by atoms with Crippen LogP contribution in [0.4, 0.5) is 0 Å². The van der Waals surface area contributed by atoms with Crippen LogP contribution >= 0.6 is 0 Å². The van der Waals surface area contributed by atoms with Gasteiger partial charge in [0.2, 0.25) is 0 Å². The van der Waals surface area contributed by atoms with E-state index in [0.29, 0.717) is 11.3 Å². The first-order valence-corrected chi connectivity index (χ1v) is 5.93. The van der Waals surface area contributed by atoms with E-state index < -0.39 is 11.4 Å². The van der Waals surface area contributed by atoms with Gasteiger partial charge in [-0.05, 0) is 35.9 Å². The highest BCUT2D eigenvalue weighted by Gasteiger charge is 2.03. The van der Waals surface area contributed by atoms with Gasteiger partial charge in [-0.3, -0.25) is 9.35 Å². The summed E-state index contributed by atoms with van der Waals surface area (Å²) in [5.41, 5.74) is 0.636. The average molecular weight is 250 g/mol. The van der Waals surface area contributed by atoms with Crippen molar-refractivity contribution in [2.45, 2.75) is 6.92 Å². The summed E-state index contributed by atoms with van der Waals surface area (Å²) in [4.78, 5) is 11.2. The molecule has 2 aromatic rings. The zero-order valence-electron chi connectivity index (χ0n) is 9.04. The van der Waals surface area contributed by atoms with Crippen LogP contribution in [0.5, 0.6) is 5.75 Å². The van der Waals surface area contributed by atoms with Crippen LogP contribution in [0.15, 0.2) is 36.4 Å². The van der Waals surface area contributed by atoms with Crippen molar-refractivity contribution in [3.63, 3.8) is 0 Å². The first kappa shape index (κ1) is 11.8. The Morgan fingerprint density at radius 2 is 1.82 bits per heavy atom. The summed E-state index contributed by atoms with van der Waals surface area (Å²) < 4.78 is 23.8. The van der Waals surface area contributed by atoms with E-state index >= 15 is 0 Å². The molecule has 2 rings (SSSR count). The second-order valence-electron chi connectivity index (χ2n) is 3.58. The molecule has 88 valence electrons. The van der Waals surface area contributed by atoms with Crippen LogP contribution in [0.25, 0.3) is 10.8 Å². The Bertz CT molecular complexity index is 606. The first-order valence-electron chi connectivity index (χ1n) is 4.90. The molecule has 0 aliphatic rings. The third-order valence-electron chi connectivity index (χ3n) is 2.39. The first-order chi connectivity index (χ1) is 8.06. The minimum absolute atomic E-state index is 0.00342. The molecule has 5 heteroatoms. The number of ketones is 1. The van der Waals surface area contributed by atoms with E-state index in [4.69, 9.17) is 4.55 Å². The SMILES string of the molecule is CC(=O)c1ccc2cc(OS(=O)O)ccc2c1. The van der Waals surface area contributed by atoms with Crippen molar-refractivity contribution in [3.05, 3.63) is 42.0 Å². The van der Waals surface area contributed by atoms with Crippen LogP contribution in [0.1, 0.15) is 17.3 Å². The van der Waals surface area contributed by atoms with Gasteiger partial charge in [0.15, 0.2) is 5.78 Å². The van der Waals surface area contributed by atoms with Crippen LogP contribution in [-0.4, -0.2) is 14.5 Å². The molecular weight excluding hydrogens is 240 g/mol. The van der Waals surface area contributed by atoms with Crippen molar-refractivity contribution < 1.29 is 17.7 Å². The molecule has 0 aliphatic heterocycles. The number of benzene rings is 2. The van der Waals surface area contributed by atoms with Gasteiger partial charge >= 0.3 is 11.4 Å². The van der Waals surface area contributed by atoms with Crippen LogP contribution < -0.4 is 4.18 Å². The van der Waals surface area contributed by atoms with E-state index in [1.54, 1.807) is 36.4 Å². The maximum atomic E-state index is 11.2. The number of carbonyl (C=O) groups is 1. The summed E-state index contributed by atoms with van der Waals surface area (Å²) in [5.74, 6) is 0.317. The lowest BCUT2D eigenvalue weighted by atomic mass is 10.0. The van der Waals surface area contributed by atoms with Gasteiger partial charge in [-0.1, -0.05) is 18.2 Å². The predicted molar refractivity (Wildman–Crippen MR) is 65.4 cm³/mol. The molecule has 0 saturated carbocycles. The van der Waals surface area contributed by atoms with E-state index in [2.05, 4.69) is 4.18 Å². The lowest BCUT2D eigenvalue weighted by Crippen LogP contribution is -1.97. The molecule has 0 spiro atoms. The van der Waals surface area contributed by atoms with Gasteiger partial charge in [0.25, 0.3) is 0 Å². The summed E-state index contributed by atoms with van der Waals surface area (Å²) in [6.45, 7) is 1.51. The number of Topliss-reactive ketones (excluding diaryl/α,β-unsaturated/α-hetero) is 1. The smallest absolute Gasteiger partial charge is 0.357 e. The lowest BCUT2D eigenvalue weighted by molar-refractivity contribution is 0.101. The molecule has 1 atom stereocenters. The number of carbonyl (C=O) groups excluding carboxylic acids is 1. The Balaban J connectivity index is 2.46. The molecule has 0 radical (unpaired) electrons. The van der Waals surface area contributed by atoms with Crippen LogP contribution in [0.3, 0.4) is 0 Å². The maximum Gasteiger partial charge on any atom is 0.357 e. The third-order valence-corrected chi connectivity index (χ3v) is 2.72. The van der Waals surface area contributed by atoms with Crippen molar-refractivity contribution in [2.75, 3.05) is 0 Å². The van der Waals surface area contributed by atoms with E-state index in [1.807, 2.05) is 0 Å². The summed E-state index contributed by atoms with van der Waals surface area (Å²) in [6.07, 6.45) is 0. The summed E-state index contributed by atoms with van der Waals surface area (Å²) in [7, 11) is 0. The Hall–Kier alpha value is -1.72. The minimum atomic E-state index is -2.33. The molecular formula is C12H10O4S. The Morgan fingerprint density at radius 1 is 1.18 bits per heavy atom. The molecule has 0 aliphatic carbocycles. The van der Waals surface area contributed by atoms with Crippen LogP contribution in [-0.2, 0) is 11.4 Å². The number of rotatable bonds is 3. The standard InChI is InChI=1S/C12H10O4S/c1-8(13)9-2-3-11-7-12(16-17(14)15)5-4-10(11)6-9/h2-7H,1H3,(H,14,15). The van der Waals surface area contributed by atoms with Gasteiger partial charge in [0, 0.05) is 5.56 Å². The van der Waals surface area contributed by atoms with Crippen molar-refractivity contribution in [1.82, 2.24) is 0 Å². The summed E-state index contributed by atoms with van der Waals surface area (Å²) >= 11 is -2.33. The summed E-state index contributed by atoms with van der Waals surface area (Å²) in [6, 6.07) is 10.2. The van der Waals surface area contributed by atoms with E-state index in [9.17, 15) is 9.00 Å². The van der Waals surface area contributed by atoms with Crippen molar-refractivity contribution in [1.29, 1.82) is 0 Å². The number of hydrogen-bond acceptors (Lipinski definition) is 3. The third kappa shape index (κ3) is 2.69. The highest BCUT2D eigenvalue weighted by molar-refractivity contribution is 7.74. The van der Waals surface area contributed by atoms with Crippen LogP contribution in [0, 0.1) is 0 Å². The summed E-state index contributed by atoms with van der Waals surface area (Å²) in [5, 5.41) is 1.73. The Kier molecular flexibility index (Phi) is 3.21. The second kappa shape index (κ2) is 4.65. The molecule has 17 heavy (non-hydrogen) atoms. The fourth-order valence-electron chi connectivity index (χ4n) is 1.58. The molecule has 0 bridgehead atoms. The zero-order chi connectivity index (χ0) is 12.4. The monoisotopic (exact) mass is 250 g/mol. The molecule has 1 unspecified atom stereocenters. The maximum absolute atomic E-state index is 11.2. The number of hydrogen-bond donors (Lipinski definition) is 1. The molecule has 0 saturated heterocycles. The van der Waals surface area contributed by atoms with Crippen molar-refractivity contribution >= 4 is 27.9 Å². The van der Waals surface area contributed by atoms with Crippen molar-refractivity contribution in [3.8, 4) is 5.75 Å². The Morgan fingerprint density at radius 3 is 2.47 bits per heavy atom. The minimum Gasteiger partial charge on any atom is -0.380 e. The second-order valence-corrected chi connectivity index (χ2v) is 4.18. The van der Waals surface area contributed by atoms with Gasteiger partial charge in [0.1, 0.15) is 5.75 Å². The van der Waals surface area contributed by atoms with Crippen molar-refractivity contribution in [2.24, 2.45) is 0 Å². The van der Waals surface area contributed by atoms with E-state index in [0.717, 1.165) is 10.8 Å². The normalized spacial score (nSPS) is 12.4. The highest BCUT2D eigenvalue weighted by atomic mass is 32.2.